The Kier molecular flexibility index (Phi) is 5.72. The number of nitrogens with two attached hydrogens (primary N) is 1. The van der Waals surface area contributed by atoms with Crippen molar-refractivity contribution in [1.82, 2.24) is 0 Å². The minimum absolute atomic E-state index is 0.230. The van der Waals surface area contributed by atoms with Crippen LogP contribution in [0, 0.1) is 5.92 Å². The molecule has 3 heteroatoms. The molecule has 15 heavy (non-hydrogen) atoms. The van der Waals surface area contributed by atoms with Gasteiger partial charge in [-0.15, -0.1) is 0 Å². The van der Waals surface area contributed by atoms with E-state index >= 15 is 0 Å². The molecule has 0 saturated heterocycles. The van der Waals surface area contributed by atoms with Gasteiger partial charge in [-0.25, -0.2) is 0 Å². The minimum Gasteiger partial charge on any atom is -0.327 e. The molecule has 3 unspecified atom stereocenters. The third-order valence-corrected chi connectivity index (χ3v) is 5.13. The van der Waals surface area contributed by atoms with Crippen molar-refractivity contribution in [3.05, 3.63) is 22.4 Å². The third-order valence-electron chi connectivity index (χ3n) is 2.61. The summed E-state index contributed by atoms with van der Waals surface area (Å²) in [6.45, 7) is 6.65. The van der Waals surface area contributed by atoms with E-state index in [1.54, 1.807) is 11.3 Å². The van der Waals surface area contributed by atoms with Gasteiger partial charge in [-0.1, -0.05) is 20.3 Å². The maximum absolute atomic E-state index is 6.04. The lowest BCUT2D eigenvalue weighted by atomic mass is 10.1. The summed E-state index contributed by atoms with van der Waals surface area (Å²) in [4.78, 5) is 0. The normalized spacial score (nSPS) is 17.3. The van der Waals surface area contributed by atoms with Gasteiger partial charge < -0.3 is 5.73 Å². The molecule has 0 aliphatic carbocycles. The molecular formula is C12H21NS2. The topological polar surface area (TPSA) is 26.0 Å². The molecule has 3 atom stereocenters. The minimum atomic E-state index is 0.230. The van der Waals surface area contributed by atoms with Gasteiger partial charge in [-0.2, -0.15) is 23.1 Å². The number of thiophene rings is 1. The van der Waals surface area contributed by atoms with Gasteiger partial charge in [0.15, 0.2) is 0 Å². The number of thioether (sulfide) groups is 1. The molecule has 0 aliphatic heterocycles. The first-order valence-corrected chi connectivity index (χ1v) is 7.53. The number of hydrogen-bond acceptors (Lipinski definition) is 3. The van der Waals surface area contributed by atoms with Crippen LogP contribution in [0.5, 0.6) is 0 Å². The Labute approximate surface area is 101 Å². The van der Waals surface area contributed by atoms with Gasteiger partial charge in [-0.05, 0) is 41.0 Å². The molecule has 86 valence electrons. The van der Waals surface area contributed by atoms with Crippen LogP contribution >= 0.6 is 23.1 Å². The Hall–Kier alpha value is 0.01000. The zero-order chi connectivity index (χ0) is 11.3. The van der Waals surface area contributed by atoms with Gasteiger partial charge in [-0.3, -0.25) is 0 Å². The second-order valence-corrected chi connectivity index (χ2v) is 6.14. The Morgan fingerprint density at radius 1 is 1.47 bits per heavy atom. The van der Waals surface area contributed by atoms with E-state index in [0.717, 1.165) is 5.92 Å². The summed E-state index contributed by atoms with van der Waals surface area (Å²) in [5.74, 6) is 1.99. The van der Waals surface area contributed by atoms with E-state index in [4.69, 9.17) is 5.73 Å². The molecule has 0 amide bonds. The summed E-state index contributed by atoms with van der Waals surface area (Å²) >= 11 is 3.76. The largest absolute Gasteiger partial charge is 0.327 e. The van der Waals surface area contributed by atoms with E-state index in [1.165, 1.54) is 17.7 Å². The van der Waals surface area contributed by atoms with Crippen LogP contribution in [0.4, 0.5) is 0 Å². The Balaban J connectivity index is 2.53. The smallest absolute Gasteiger partial charge is 0.0453 e. The zero-order valence-corrected chi connectivity index (χ0v) is 11.4. The fourth-order valence-corrected chi connectivity index (χ4v) is 3.57. The summed E-state index contributed by atoms with van der Waals surface area (Å²) in [7, 11) is 0. The van der Waals surface area contributed by atoms with Crippen LogP contribution in [-0.2, 0) is 0 Å². The quantitative estimate of drug-likeness (QED) is 0.819. The van der Waals surface area contributed by atoms with Crippen LogP contribution < -0.4 is 5.73 Å². The highest BCUT2D eigenvalue weighted by atomic mass is 32.2. The van der Waals surface area contributed by atoms with Gasteiger partial charge in [0.1, 0.15) is 0 Å². The molecule has 0 saturated carbocycles. The van der Waals surface area contributed by atoms with Crippen LogP contribution in [-0.4, -0.2) is 11.8 Å². The molecule has 0 spiro atoms. The van der Waals surface area contributed by atoms with Crippen molar-refractivity contribution < 1.29 is 0 Å². The lowest BCUT2D eigenvalue weighted by molar-refractivity contribution is 0.631. The fourth-order valence-electron chi connectivity index (χ4n) is 1.37. The van der Waals surface area contributed by atoms with Crippen molar-refractivity contribution in [3.63, 3.8) is 0 Å². The first-order chi connectivity index (χ1) is 7.15. The van der Waals surface area contributed by atoms with Crippen molar-refractivity contribution >= 4 is 23.1 Å². The Morgan fingerprint density at radius 2 is 2.20 bits per heavy atom. The molecule has 2 N–H and O–H groups in total. The molecule has 1 aromatic rings. The highest BCUT2D eigenvalue weighted by molar-refractivity contribution is 7.99. The van der Waals surface area contributed by atoms with Gasteiger partial charge in [0.25, 0.3) is 0 Å². The lowest BCUT2D eigenvalue weighted by Crippen LogP contribution is -2.23. The summed E-state index contributed by atoms with van der Waals surface area (Å²) in [5.41, 5.74) is 7.43. The van der Waals surface area contributed by atoms with Crippen molar-refractivity contribution in [2.75, 3.05) is 5.75 Å². The van der Waals surface area contributed by atoms with E-state index in [0.29, 0.717) is 5.25 Å². The highest BCUT2D eigenvalue weighted by Gasteiger charge is 2.17. The second-order valence-electron chi connectivity index (χ2n) is 4.18. The molecule has 0 radical (unpaired) electrons. The first-order valence-electron chi connectivity index (χ1n) is 5.54. The Morgan fingerprint density at radius 3 is 2.67 bits per heavy atom. The van der Waals surface area contributed by atoms with Gasteiger partial charge in [0.2, 0.25) is 0 Å². The number of hydrogen-bond donors (Lipinski definition) is 1. The summed E-state index contributed by atoms with van der Waals surface area (Å²) < 4.78 is 0. The maximum Gasteiger partial charge on any atom is 0.0453 e. The maximum atomic E-state index is 6.04. The van der Waals surface area contributed by atoms with Crippen molar-refractivity contribution in [2.45, 2.75) is 38.5 Å². The second kappa shape index (κ2) is 6.56. The van der Waals surface area contributed by atoms with Crippen LogP contribution in [0.2, 0.25) is 0 Å². The van der Waals surface area contributed by atoms with Gasteiger partial charge in [0, 0.05) is 11.3 Å². The molecule has 0 fully saturated rings. The van der Waals surface area contributed by atoms with Crippen LogP contribution in [0.25, 0.3) is 0 Å². The van der Waals surface area contributed by atoms with E-state index in [2.05, 4.69) is 37.6 Å². The fraction of sp³-hybridized carbons (Fsp3) is 0.667. The highest BCUT2D eigenvalue weighted by Crippen LogP contribution is 2.34. The summed E-state index contributed by atoms with van der Waals surface area (Å²) in [5, 5.41) is 4.82. The standard InChI is InChI=1S/C12H21NS2/c1-4-9(2)7-15-12(10(3)13)11-5-6-14-8-11/h5-6,8-10,12H,4,7,13H2,1-3H3. The van der Waals surface area contributed by atoms with E-state index < -0.39 is 0 Å². The lowest BCUT2D eigenvalue weighted by Gasteiger charge is -2.21. The molecule has 1 aromatic heterocycles. The van der Waals surface area contributed by atoms with Crippen LogP contribution in [0.1, 0.15) is 38.0 Å². The molecule has 0 aliphatic rings. The SMILES string of the molecule is CCC(C)CSC(c1ccsc1)C(C)N. The monoisotopic (exact) mass is 243 g/mol. The van der Waals surface area contributed by atoms with E-state index in [-0.39, 0.29) is 6.04 Å². The first kappa shape index (κ1) is 13.1. The van der Waals surface area contributed by atoms with E-state index in [1.807, 2.05) is 11.8 Å². The van der Waals surface area contributed by atoms with E-state index in [9.17, 15) is 0 Å². The molecule has 1 nitrogen and oxygen atoms in total. The van der Waals surface area contributed by atoms with Gasteiger partial charge >= 0.3 is 0 Å². The molecule has 0 aromatic carbocycles. The van der Waals surface area contributed by atoms with Crippen molar-refractivity contribution in [2.24, 2.45) is 11.7 Å². The molecule has 1 heterocycles. The summed E-state index contributed by atoms with van der Waals surface area (Å²) in [6.07, 6.45) is 1.25. The average molecular weight is 243 g/mol. The third kappa shape index (κ3) is 4.17. The molecular weight excluding hydrogens is 222 g/mol. The zero-order valence-electron chi connectivity index (χ0n) is 9.77. The van der Waals surface area contributed by atoms with Gasteiger partial charge in [0.05, 0.1) is 0 Å². The molecule has 1 rings (SSSR count). The predicted molar refractivity (Wildman–Crippen MR) is 72.6 cm³/mol. The van der Waals surface area contributed by atoms with Crippen molar-refractivity contribution in [1.29, 1.82) is 0 Å². The summed E-state index contributed by atoms with van der Waals surface area (Å²) in [6, 6.07) is 2.43. The number of rotatable bonds is 6. The van der Waals surface area contributed by atoms with Crippen LogP contribution in [0.15, 0.2) is 16.8 Å². The average Bonchev–Trinajstić information content (AvgIpc) is 2.70. The molecule has 0 bridgehead atoms. The predicted octanol–water partition coefficient (Wildman–Crippen LogP) is 3.92. The van der Waals surface area contributed by atoms with Crippen LogP contribution in [0.3, 0.4) is 0 Å². The Bertz CT molecular complexity index is 257. The van der Waals surface area contributed by atoms with Crippen molar-refractivity contribution in [3.8, 4) is 0 Å².